The molecule has 2 fully saturated rings. The van der Waals surface area contributed by atoms with Crippen LogP contribution in [0.15, 0.2) is 24.3 Å². The van der Waals surface area contributed by atoms with Gasteiger partial charge in [-0.05, 0) is 31.0 Å². The third kappa shape index (κ3) is 3.68. The van der Waals surface area contributed by atoms with E-state index in [0.29, 0.717) is 56.1 Å². The molecule has 1 aromatic carbocycles. The molecule has 0 radical (unpaired) electrons. The van der Waals surface area contributed by atoms with Gasteiger partial charge in [-0.3, -0.25) is 0 Å². The normalized spacial score (nSPS) is 23.4. The Labute approximate surface area is 162 Å². The molecular formula is C19H25N5O4. The van der Waals surface area contributed by atoms with Crippen LogP contribution in [0.4, 0.5) is 17.5 Å². The minimum absolute atomic E-state index is 0.0576. The summed E-state index contributed by atoms with van der Waals surface area (Å²) >= 11 is 0. The van der Waals surface area contributed by atoms with Crippen molar-refractivity contribution in [2.24, 2.45) is 0 Å². The van der Waals surface area contributed by atoms with Crippen LogP contribution in [0.2, 0.25) is 0 Å². The summed E-state index contributed by atoms with van der Waals surface area (Å²) in [6, 6.07) is 6.85. The van der Waals surface area contributed by atoms with Crippen LogP contribution in [0.25, 0.3) is 11.3 Å². The number of phenolic OH excluding ortho intramolecular Hbond substituents is 1. The van der Waals surface area contributed by atoms with Gasteiger partial charge in [0.25, 0.3) is 0 Å². The Bertz CT molecular complexity index is 846. The molecule has 0 spiro atoms. The smallest absolute Gasteiger partial charge is 0.222 e. The predicted octanol–water partition coefficient (Wildman–Crippen LogP) is -0.0657. The minimum atomic E-state index is -0.798. The molecule has 0 bridgehead atoms. The van der Waals surface area contributed by atoms with Crippen LogP contribution in [0, 0.1) is 0 Å². The van der Waals surface area contributed by atoms with Gasteiger partial charge in [0.05, 0.1) is 24.0 Å². The fourth-order valence-electron chi connectivity index (χ4n) is 3.75. The number of anilines is 3. The topological polar surface area (TPSA) is 139 Å². The fraction of sp³-hybridized carbons (Fsp3) is 0.474. The molecule has 9 heteroatoms. The molecule has 6 N–H and O–H groups in total. The van der Waals surface area contributed by atoms with E-state index in [1.807, 2.05) is 9.80 Å². The number of benzene rings is 1. The summed E-state index contributed by atoms with van der Waals surface area (Å²) in [6.07, 6.45) is -0.554. The Morgan fingerprint density at radius 3 is 2.29 bits per heavy atom. The first-order valence-electron chi connectivity index (χ1n) is 9.43. The number of aromatic nitrogens is 2. The maximum absolute atomic E-state index is 10.4. The van der Waals surface area contributed by atoms with Crippen LogP contribution in [0.1, 0.15) is 12.8 Å². The monoisotopic (exact) mass is 387 g/mol. The summed E-state index contributed by atoms with van der Waals surface area (Å²) in [5.74, 6) is 0.823. The van der Waals surface area contributed by atoms with Crippen LogP contribution in [0.5, 0.6) is 5.75 Å². The quantitative estimate of drug-likeness (QED) is 0.490. The van der Waals surface area contributed by atoms with Crippen molar-refractivity contribution in [2.45, 2.75) is 31.2 Å². The summed E-state index contributed by atoms with van der Waals surface area (Å²) in [5.41, 5.74) is 7.68. The van der Waals surface area contributed by atoms with Crippen molar-refractivity contribution >= 4 is 17.5 Å². The predicted molar refractivity (Wildman–Crippen MR) is 105 cm³/mol. The largest absolute Gasteiger partial charge is 0.507 e. The molecule has 4 rings (SSSR count). The number of nitrogens with two attached hydrogens (primary N) is 1. The van der Waals surface area contributed by atoms with E-state index in [0.717, 1.165) is 5.69 Å². The van der Waals surface area contributed by atoms with Gasteiger partial charge in [-0.1, -0.05) is 0 Å². The highest BCUT2D eigenvalue weighted by molar-refractivity contribution is 5.74. The first-order valence-corrected chi connectivity index (χ1v) is 9.43. The first-order chi connectivity index (χ1) is 13.4. The molecule has 0 amide bonds. The molecule has 2 saturated heterocycles. The summed E-state index contributed by atoms with van der Waals surface area (Å²) in [7, 11) is 0. The number of hydrogen-bond donors (Lipinski definition) is 5. The van der Waals surface area contributed by atoms with Gasteiger partial charge in [0.1, 0.15) is 11.6 Å². The van der Waals surface area contributed by atoms with Gasteiger partial charge in [0.15, 0.2) is 0 Å². The summed E-state index contributed by atoms with van der Waals surface area (Å²) < 4.78 is 0. The summed E-state index contributed by atoms with van der Waals surface area (Å²) in [5, 5.41) is 39.7. The number of aliphatic hydroxyl groups excluding tert-OH is 3. The van der Waals surface area contributed by atoms with Crippen molar-refractivity contribution in [2.75, 3.05) is 41.7 Å². The van der Waals surface area contributed by atoms with E-state index in [1.165, 1.54) is 0 Å². The maximum Gasteiger partial charge on any atom is 0.222 e. The minimum Gasteiger partial charge on any atom is -0.507 e. The number of hydrogen-bond acceptors (Lipinski definition) is 9. The number of nitrogen functional groups attached to an aromatic ring is 1. The molecule has 2 aromatic rings. The zero-order valence-electron chi connectivity index (χ0n) is 15.4. The second-order valence-electron chi connectivity index (χ2n) is 7.43. The number of phenols is 1. The van der Waals surface area contributed by atoms with Gasteiger partial charge in [-0.15, -0.1) is 0 Å². The molecule has 0 saturated carbocycles. The molecule has 28 heavy (non-hydrogen) atoms. The molecule has 0 aliphatic carbocycles. The van der Waals surface area contributed by atoms with Gasteiger partial charge >= 0.3 is 0 Å². The molecular weight excluding hydrogens is 362 g/mol. The molecule has 2 aliphatic rings. The highest BCUT2D eigenvalue weighted by Crippen LogP contribution is 2.35. The third-order valence-electron chi connectivity index (χ3n) is 5.40. The third-order valence-corrected chi connectivity index (χ3v) is 5.40. The van der Waals surface area contributed by atoms with E-state index in [9.17, 15) is 20.4 Å². The van der Waals surface area contributed by atoms with E-state index in [2.05, 4.69) is 9.97 Å². The lowest BCUT2D eigenvalue weighted by Gasteiger charge is -2.30. The number of aliphatic hydroxyl groups is 3. The fourth-order valence-corrected chi connectivity index (χ4v) is 3.75. The van der Waals surface area contributed by atoms with Gasteiger partial charge < -0.3 is 36.0 Å². The average molecular weight is 387 g/mol. The Hall–Kier alpha value is -2.62. The van der Waals surface area contributed by atoms with Crippen molar-refractivity contribution < 1.29 is 20.4 Å². The van der Waals surface area contributed by atoms with Gasteiger partial charge in [-0.25, -0.2) is 4.98 Å². The van der Waals surface area contributed by atoms with Crippen molar-refractivity contribution in [3.63, 3.8) is 0 Å². The van der Waals surface area contributed by atoms with E-state index < -0.39 is 12.2 Å². The Kier molecular flexibility index (Phi) is 4.96. The lowest BCUT2D eigenvalue weighted by Crippen LogP contribution is -2.36. The highest BCUT2D eigenvalue weighted by atomic mass is 16.3. The number of β-amino-alcohol motifs (C(OH)–C–C–N with tert-alkyl or cyclic N) is 2. The van der Waals surface area contributed by atoms with E-state index in [4.69, 9.17) is 5.73 Å². The van der Waals surface area contributed by atoms with E-state index in [-0.39, 0.29) is 17.8 Å². The Morgan fingerprint density at radius 2 is 1.61 bits per heavy atom. The lowest BCUT2D eigenvalue weighted by atomic mass is 10.1. The van der Waals surface area contributed by atoms with Crippen molar-refractivity contribution in [3.05, 3.63) is 24.3 Å². The second-order valence-corrected chi connectivity index (χ2v) is 7.43. The number of rotatable bonds is 3. The molecule has 0 unspecified atom stereocenters. The number of piperidine rings is 1. The second kappa shape index (κ2) is 7.42. The van der Waals surface area contributed by atoms with Crippen LogP contribution in [0.3, 0.4) is 0 Å². The maximum atomic E-state index is 10.4. The average Bonchev–Trinajstić information content (AvgIpc) is 3.01. The highest BCUT2D eigenvalue weighted by Gasteiger charge is 2.30. The van der Waals surface area contributed by atoms with Crippen LogP contribution >= 0.6 is 0 Å². The van der Waals surface area contributed by atoms with Crippen LogP contribution in [-0.4, -0.2) is 74.9 Å². The number of nitrogens with zero attached hydrogens (tertiary/aromatic N) is 4. The Balaban J connectivity index is 1.66. The van der Waals surface area contributed by atoms with Crippen molar-refractivity contribution in [3.8, 4) is 17.0 Å². The van der Waals surface area contributed by atoms with E-state index in [1.54, 1.807) is 24.3 Å². The van der Waals surface area contributed by atoms with Crippen LogP contribution < -0.4 is 15.5 Å². The zero-order chi connectivity index (χ0) is 19.8. The standard InChI is InChI=1S/C19H25N5O4/c20-19-21-14(8-18(22-19)23-5-3-12(25)4-6-23)13-7-11(1-2-15(13)26)24-9-16(27)17(28)10-24/h1-2,7-8,12,16-17,25-28H,3-6,9-10H2,(H2,20,21,22)/t16-,17-/m0/s1. The first kappa shape index (κ1) is 18.7. The zero-order valence-corrected chi connectivity index (χ0v) is 15.4. The van der Waals surface area contributed by atoms with Crippen molar-refractivity contribution in [1.82, 2.24) is 9.97 Å². The molecule has 1 aromatic heterocycles. The molecule has 2 atom stereocenters. The molecule has 2 aliphatic heterocycles. The Morgan fingerprint density at radius 1 is 0.929 bits per heavy atom. The van der Waals surface area contributed by atoms with Gasteiger partial charge in [0, 0.05) is 43.5 Å². The van der Waals surface area contributed by atoms with Gasteiger partial charge in [0.2, 0.25) is 5.95 Å². The molecule has 150 valence electrons. The lowest BCUT2D eigenvalue weighted by molar-refractivity contribution is 0.0572. The van der Waals surface area contributed by atoms with Crippen LogP contribution in [-0.2, 0) is 0 Å². The number of aromatic hydroxyl groups is 1. The van der Waals surface area contributed by atoms with Gasteiger partial charge in [-0.2, -0.15) is 4.98 Å². The summed E-state index contributed by atoms with van der Waals surface area (Å²) in [4.78, 5) is 12.5. The molecule has 3 heterocycles. The van der Waals surface area contributed by atoms with E-state index >= 15 is 0 Å². The van der Waals surface area contributed by atoms with Crippen molar-refractivity contribution in [1.29, 1.82) is 0 Å². The molecule has 9 nitrogen and oxygen atoms in total. The SMILES string of the molecule is Nc1nc(-c2cc(N3C[C@H](O)[C@@H](O)C3)ccc2O)cc(N2CCC(O)CC2)n1. The summed E-state index contributed by atoms with van der Waals surface area (Å²) in [6.45, 7) is 1.98.